The van der Waals surface area contributed by atoms with Gasteiger partial charge in [0, 0.05) is 6.04 Å². The lowest BCUT2D eigenvalue weighted by Gasteiger charge is -2.28. The van der Waals surface area contributed by atoms with Crippen LogP contribution in [0.25, 0.3) is 0 Å². The number of halogens is 1. The molecule has 0 bridgehead atoms. The van der Waals surface area contributed by atoms with Crippen LogP contribution >= 0.6 is 27.3 Å². The number of rotatable bonds is 3. The molecule has 2 heterocycles. The zero-order valence-electron chi connectivity index (χ0n) is 9.83. The summed E-state index contributed by atoms with van der Waals surface area (Å²) in [4.78, 5) is 12.7. The summed E-state index contributed by atoms with van der Waals surface area (Å²) in [5.41, 5.74) is 0. The van der Waals surface area contributed by atoms with Crippen LogP contribution in [-0.4, -0.2) is 25.0 Å². The van der Waals surface area contributed by atoms with Crippen molar-refractivity contribution in [2.75, 3.05) is 13.1 Å². The van der Waals surface area contributed by atoms with Gasteiger partial charge in [0.2, 0.25) is 0 Å². The average Bonchev–Trinajstić information content (AvgIpc) is 2.77. The zero-order chi connectivity index (χ0) is 12.3. The molecule has 0 saturated carbocycles. The van der Waals surface area contributed by atoms with E-state index in [-0.39, 0.29) is 11.9 Å². The normalized spacial score (nSPS) is 22.1. The minimum atomic E-state index is 0.0405. The molecule has 0 aromatic carbocycles. The molecular weight excluding hydrogens is 300 g/mol. The minimum Gasteiger partial charge on any atom is -0.349 e. The van der Waals surface area contributed by atoms with E-state index in [0.29, 0.717) is 5.92 Å². The van der Waals surface area contributed by atoms with Gasteiger partial charge in [0.1, 0.15) is 0 Å². The second kappa shape index (κ2) is 5.98. The van der Waals surface area contributed by atoms with Crippen molar-refractivity contribution in [3.8, 4) is 0 Å². The Labute approximate surface area is 114 Å². The molecule has 3 nitrogen and oxygen atoms in total. The molecule has 5 heteroatoms. The molecule has 1 saturated heterocycles. The number of hydrogen-bond donors (Lipinski definition) is 2. The summed E-state index contributed by atoms with van der Waals surface area (Å²) in [6, 6.07) is 4.00. The second-order valence-electron chi connectivity index (χ2n) is 4.47. The molecule has 1 aromatic heterocycles. The van der Waals surface area contributed by atoms with E-state index in [0.717, 1.165) is 21.8 Å². The average molecular weight is 317 g/mol. The van der Waals surface area contributed by atoms with Crippen LogP contribution in [0.2, 0.25) is 0 Å². The quantitative estimate of drug-likeness (QED) is 0.900. The molecular formula is C12H17BrN2OS. The first kappa shape index (κ1) is 13.1. The van der Waals surface area contributed by atoms with Crippen molar-refractivity contribution in [2.45, 2.75) is 25.8 Å². The van der Waals surface area contributed by atoms with Crippen molar-refractivity contribution in [3.63, 3.8) is 0 Å². The summed E-state index contributed by atoms with van der Waals surface area (Å²) in [7, 11) is 0. The molecule has 17 heavy (non-hydrogen) atoms. The largest absolute Gasteiger partial charge is 0.349 e. The van der Waals surface area contributed by atoms with Gasteiger partial charge in [0.15, 0.2) is 0 Å². The van der Waals surface area contributed by atoms with Gasteiger partial charge in [-0.15, -0.1) is 11.3 Å². The van der Waals surface area contributed by atoms with Crippen molar-refractivity contribution in [1.82, 2.24) is 10.6 Å². The van der Waals surface area contributed by atoms with Crippen LogP contribution in [0.15, 0.2) is 15.9 Å². The summed E-state index contributed by atoms with van der Waals surface area (Å²) in [5.74, 6) is 0.592. The third-order valence-corrected chi connectivity index (χ3v) is 4.82. The van der Waals surface area contributed by atoms with Gasteiger partial charge in [-0.1, -0.05) is 0 Å². The van der Waals surface area contributed by atoms with Gasteiger partial charge in [-0.3, -0.25) is 4.79 Å². The molecule has 1 amide bonds. The third kappa shape index (κ3) is 3.53. The van der Waals surface area contributed by atoms with E-state index in [1.165, 1.54) is 24.2 Å². The highest BCUT2D eigenvalue weighted by molar-refractivity contribution is 9.11. The first-order valence-corrected chi connectivity index (χ1v) is 7.54. The third-order valence-electron chi connectivity index (χ3n) is 3.20. The van der Waals surface area contributed by atoms with Gasteiger partial charge in [-0.2, -0.15) is 0 Å². The molecule has 1 aliphatic rings. The van der Waals surface area contributed by atoms with Crippen LogP contribution in [-0.2, 0) is 0 Å². The topological polar surface area (TPSA) is 41.1 Å². The summed E-state index contributed by atoms with van der Waals surface area (Å²) in [5, 5.41) is 6.47. The highest BCUT2D eigenvalue weighted by atomic mass is 79.9. The Balaban J connectivity index is 1.89. The Morgan fingerprint density at radius 3 is 3.06 bits per heavy atom. The van der Waals surface area contributed by atoms with E-state index in [1.54, 1.807) is 0 Å². The lowest BCUT2D eigenvalue weighted by atomic mass is 9.93. The predicted molar refractivity (Wildman–Crippen MR) is 74.5 cm³/mol. The fourth-order valence-electron chi connectivity index (χ4n) is 2.14. The summed E-state index contributed by atoms with van der Waals surface area (Å²) >= 11 is 4.85. The number of thiophene rings is 1. The maximum absolute atomic E-state index is 12.0. The van der Waals surface area contributed by atoms with Crippen LogP contribution in [0.1, 0.15) is 29.4 Å². The van der Waals surface area contributed by atoms with E-state index in [1.807, 2.05) is 12.1 Å². The van der Waals surface area contributed by atoms with E-state index in [2.05, 4.69) is 33.5 Å². The lowest BCUT2D eigenvalue weighted by Crippen LogP contribution is -2.44. The Morgan fingerprint density at radius 2 is 2.47 bits per heavy atom. The highest BCUT2D eigenvalue weighted by Crippen LogP contribution is 2.22. The van der Waals surface area contributed by atoms with Crippen molar-refractivity contribution in [1.29, 1.82) is 0 Å². The fraction of sp³-hybridized carbons (Fsp3) is 0.583. The molecule has 94 valence electrons. The standard InChI is InChI=1S/C12H17BrN2OS/c1-8(9-3-2-6-14-7-9)15-12(16)10-4-5-11(13)17-10/h4-5,8-9,14H,2-3,6-7H2,1H3,(H,15,16). The molecule has 2 unspecified atom stereocenters. The maximum Gasteiger partial charge on any atom is 0.261 e. The molecule has 2 N–H and O–H groups in total. The van der Waals surface area contributed by atoms with Crippen molar-refractivity contribution < 1.29 is 4.79 Å². The number of amides is 1. The van der Waals surface area contributed by atoms with Gasteiger partial charge in [0.25, 0.3) is 5.91 Å². The Kier molecular flexibility index (Phi) is 4.59. The van der Waals surface area contributed by atoms with E-state index in [4.69, 9.17) is 0 Å². The van der Waals surface area contributed by atoms with E-state index < -0.39 is 0 Å². The summed E-state index contributed by atoms with van der Waals surface area (Å²) in [6.45, 7) is 4.21. The Bertz CT molecular complexity index is 388. The zero-order valence-corrected chi connectivity index (χ0v) is 12.2. The monoisotopic (exact) mass is 316 g/mol. The Hall–Kier alpha value is -0.390. The van der Waals surface area contributed by atoms with Gasteiger partial charge in [0.05, 0.1) is 8.66 Å². The van der Waals surface area contributed by atoms with Gasteiger partial charge in [-0.25, -0.2) is 0 Å². The van der Waals surface area contributed by atoms with Gasteiger partial charge >= 0.3 is 0 Å². The number of carbonyl (C=O) groups is 1. The first-order valence-electron chi connectivity index (χ1n) is 5.94. The highest BCUT2D eigenvalue weighted by Gasteiger charge is 2.22. The van der Waals surface area contributed by atoms with Crippen LogP contribution in [0.4, 0.5) is 0 Å². The number of hydrogen-bond acceptors (Lipinski definition) is 3. The fourth-order valence-corrected chi connectivity index (χ4v) is 3.43. The lowest BCUT2D eigenvalue weighted by molar-refractivity contribution is 0.0926. The smallest absolute Gasteiger partial charge is 0.261 e. The molecule has 2 rings (SSSR count). The SMILES string of the molecule is CC(NC(=O)c1ccc(Br)s1)C1CCCNC1. The number of nitrogens with one attached hydrogen (secondary N) is 2. The molecule has 0 radical (unpaired) electrons. The van der Waals surface area contributed by atoms with Crippen molar-refractivity contribution >= 4 is 33.2 Å². The second-order valence-corrected chi connectivity index (χ2v) is 6.94. The number of carbonyl (C=O) groups excluding carboxylic acids is 1. The molecule has 0 spiro atoms. The summed E-state index contributed by atoms with van der Waals surface area (Å²) in [6.07, 6.45) is 2.40. The van der Waals surface area contributed by atoms with Crippen LogP contribution in [0.3, 0.4) is 0 Å². The number of piperidine rings is 1. The Morgan fingerprint density at radius 1 is 1.65 bits per heavy atom. The van der Waals surface area contributed by atoms with E-state index >= 15 is 0 Å². The van der Waals surface area contributed by atoms with Crippen molar-refractivity contribution in [3.05, 3.63) is 20.8 Å². The maximum atomic E-state index is 12.0. The van der Waals surface area contributed by atoms with Crippen LogP contribution in [0.5, 0.6) is 0 Å². The molecule has 1 aromatic rings. The molecule has 2 atom stereocenters. The molecule has 0 aliphatic carbocycles. The van der Waals surface area contributed by atoms with Crippen LogP contribution < -0.4 is 10.6 Å². The van der Waals surface area contributed by atoms with Crippen LogP contribution in [0, 0.1) is 5.92 Å². The molecule has 1 fully saturated rings. The van der Waals surface area contributed by atoms with Crippen molar-refractivity contribution in [2.24, 2.45) is 5.92 Å². The first-order chi connectivity index (χ1) is 8.16. The van der Waals surface area contributed by atoms with Gasteiger partial charge in [-0.05, 0) is 66.8 Å². The van der Waals surface area contributed by atoms with Gasteiger partial charge < -0.3 is 10.6 Å². The van der Waals surface area contributed by atoms with E-state index in [9.17, 15) is 4.79 Å². The minimum absolute atomic E-state index is 0.0405. The molecule has 1 aliphatic heterocycles. The predicted octanol–water partition coefficient (Wildman–Crippen LogP) is 2.63. The summed E-state index contributed by atoms with van der Waals surface area (Å²) < 4.78 is 0.995.